The summed E-state index contributed by atoms with van der Waals surface area (Å²) in [6.07, 6.45) is 0. The van der Waals surface area contributed by atoms with Crippen molar-refractivity contribution in [1.29, 1.82) is 0 Å². The number of benzene rings is 1. The molecule has 0 heterocycles. The Balaban J connectivity index is 3.29. The van der Waals surface area contributed by atoms with Gasteiger partial charge in [0, 0.05) is 0 Å². The number of phenols is 2. The van der Waals surface area contributed by atoms with Gasteiger partial charge in [-0.15, -0.1) is 0 Å². The summed E-state index contributed by atoms with van der Waals surface area (Å²) < 4.78 is 12.8. The smallest absolute Gasteiger partial charge is 0.194 e. The van der Waals surface area contributed by atoms with Gasteiger partial charge in [-0.1, -0.05) is 0 Å². The van der Waals surface area contributed by atoms with Crippen molar-refractivity contribution in [2.45, 2.75) is 19.4 Å². The summed E-state index contributed by atoms with van der Waals surface area (Å²) in [7, 11) is 0. The number of aromatic hydroxyl groups is 2. The van der Waals surface area contributed by atoms with Crippen molar-refractivity contribution in [2.75, 3.05) is 0 Å². The Hall–Kier alpha value is -1.29. The second kappa shape index (κ2) is 2.88. The molecule has 0 bridgehead atoms. The molecule has 0 amide bonds. The van der Waals surface area contributed by atoms with Crippen molar-refractivity contribution in [2.24, 2.45) is 0 Å². The second-order valence-electron chi connectivity index (χ2n) is 3.38. The van der Waals surface area contributed by atoms with E-state index >= 15 is 0 Å². The van der Waals surface area contributed by atoms with Crippen LogP contribution in [0.3, 0.4) is 0 Å². The summed E-state index contributed by atoms with van der Waals surface area (Å²) in [5.74, 6) is -2.32. The average Bonchev–Trinajstić information content (AvgIpc) is 1.97. The van der Waals surface area contributed by atoms with Crippen LogP contribution in [0.2, 0.25) is 0 Å². The predicted molar refractivity (Wildman–Crippen MR) is 45.0 cm³/mol. The fraction of sp³-hybridized carbons (Fsp3) is 0.333. The molecule has 1 aromatic carbocycles. The van der Waals surface area contributed by atoms with Gasteiger partial charge in [0.1, 0.15) is 0 Å². The lowest BCUT2D eigenvalue weighted by Crippen LogP contribution is -2.15. The minimum Gasteiger partial charge on any atom is -0.504 e. The monoisotopic (exact) mass is 186 g/mol. The lowest BCUT2D eigenvalue weighted by atomic mass is 9.98. The van der Waals surface area contributed by atoms with Gasteiger partial charge in [-0.2, -0.15) is 0 Å². The molecular weight excluding hydrogens is 175 g/mol. The molecule has 1 aromatic rings. The van der Waals surface area contributed by atoms with E-state index in [1.54, 1.807) is 0 Å². The van der Waals surface area contributed by atoms with Gasteiger partial charge in [0.05, 0.1) is 5.60 Å². The fourth-order valence-electron chi connectivity index (χ4n) is 0.938. The lowest BCUT2D eigenvalue weighted by Gasteiger charge is -2.18. The van der Waals surface area contributed by atoms with Gasteiger partial charge >= 0.3 is 0 Å². The third-order valence-corrected chi connectivity index (χ3v) is 1.75. The molecular formula is C9H11FO3. The number of halogens is 1. The third kappa shape index (κ3) is 1.89. The molecule has 0 fully saturated rings. The molecule has 13 heavy (non-hydrogen) atoms. The Morgan fingerprint density at radius 2 is 1.77 bits per heavy atom. The molecule has 3 N–H and O–H groups in total. The van der Waals surface area contributed by atoms with Gasteiger partial charge < -0.3 is 15.3 Å². The highest BCUT2D eigenvalue weighted by Crippen LogP contribution is 2.32. The van der Waals surface area contributed by atoms with Crippen molar-refractivity contribution in [3.8, 4) is 11.5 Å². The average molecular weight is 186 g/mol. The van der Waals surface area contributed by atoms with Gasteiger partial charge in [0.2, 0.25) is 0 Å². The molecule has 0 atom stereocenters. The van der Waals surface area contributed by atoms with Gasteiger partial charge in [0.15, 0.2) is 17.3 Å². The van der Waals surface area contributed by atoms with Crippen LogP contribution in [0, 0.1) is 5.82 Å². The first kappa shape index (κ1) is 9.80. The van der Waals surface area contributed by atoms with E-state index in [2.05, 4.69) is 0 Å². The second-order valence-corrected chi connectivity index (χ2v) is 3.38. The van der Waals surface area contributed by atoms with Gasteiger partial charge in [0.25, 0.3) is 0 Å². The molecule has 0 saturated heterocycles. The summed E-state index contributed by atoms with van der Waals surface area (Å²) >= 11 is 0. The van der Waals surface area contributed by atoms with Crippen LogP contribution in [0.15, 0.2) is 12.1 Å². The Bertz CT molecular complexity index is 305. The maximum absolute atomic E-state index is 12.8. The highest BCUT2D eigenvalue weighted by atomic mass is 19.1. The van der Waals surface area contributed by atoms with Crippen LogP contribution in [-0.2, 0) is 5.60 Å². The van der Waals surface area contributed by atoms with E-state index in [0.717, 1.165) is 12.1 Å². The van der Waals surface area contributed by atoms with Gasteiger partial charge in [-0.3, -0.25) is 0 Å². The molecule has 0 aromatic heterocycles. The Kier molecular flexibility index (Phi) is 2.17. The van der Waals surface area contributed by atoms with Crippen LogP contribution in [0.1, 0.15) is 19.4 Å². The number of hydrogen-bond donors (Lipinski definition) is 3. The van der Waals surface area contributed by atoms with Crippen molar-refractivity contribution >= 4 is 0 Å². The predicted octanol–water partition coefficient (Wildman–Crippen LogP) is 1.46. The third-order valence-electron chi connectivity index (χ3n) is 1.75. The number of hydrogen-bond acceptors (Lipinski definition) is 3. The minimum absolute atomic E-state index is 0.209. The zero-order valence-electron chi connectivity index (χ0n) is 7.37. The molecule has 1 rings (SSSR count). The van der Waals surface area contributed by atoms with Crippen molar-refractivity contribution in [3.05, 3.63) is 23.5 Å². The molecule has 3 nitrogen and oxygen atoms in total. The lowest BCUT2D eigenvalue weighted by molar-refractivity contribution is 0.0778. The van der Waals surface area contributed by atoms with Crippen molar-refractivity contribution < 1.29 is 19.7 Å². The van der Waals surface area contributed by atoms with Crippen LogP contribution in [0.4, 0.5) is 4.39 Å². The SMILES string of the molecule is CC(C)(O)c1cc(O)c(O)c(F)c1. The summed E-state index contributed by atoms with van der Waals surface area (Å²) in [5.41, 5.74) is -1.04. The Morgan fingerprint density at radius 3 is 2.15 bits per heavy atom. The first-order valence-electron chi connectivity index (χ1n) is 3.76. The Labute approximate surface area is 75.1 Å². The van der Waals surface area contributed by atoms with E-state index in [4.69, 9.17) is 10.2 Å². The summed E-state index contributed by atoms with van der Waals surface area (Å²) in [4.78, 5) is 0. The quantitative estimate of drug-likeness (QED) is 0.582. The summed E-state index contributed by atoms with van der Waals surface area (Å²) in [5, 5.41) is 27.4. The van der Waals surface area contributed by atoms with E-state index in [1.165, 1.54) is 13.8 Å². The van der Waals surface area contributed by atoms with Crippen molar-refractivity contribution in [1.82, 2.24) is 0 Å². The highest BCUT2D eigenvalue weighted by Gasteiger charge is 2.20. The standard InChI is InChI=1S/C9H11FO3/c1-9(2,13)5-3-6(10)8(12)7(11)4-5/h3-4,11-13H,1-2H3. The molecule has 0 saturated carbocycles. The first-order valence-corrected chi connectivity index (χ1v) is 3.76. The fourth-order valence-corrected chi connectivity index (χ4v) is 0.938. The van der Waals surface area contributed by atoms with Crippen molar-refractivity contribution in [3.63, 3.8) is 0 Å². The number of rotatable bonds is 1. The topological polar surface area (TPSA) is 60.7 Å². The van der Waals surface area contributed by atoms with Crippen LogP contribution in [0.25, 0.3) is 0 Å². The van der Waals surface area contributed by atoms with Crippen LogP contribution in [0.5, 0.6) is 11.5 Å². The molecule has 4 heteroatoms. The van der Waals surface area contributed by atoms with Gasteiger partial charge in [-0.05, 0) is 31.5 Å². The molecule has 0 radical (unpaired) electrons. The van der Waals surface area contributed by atoms with E-state index in [1.807, 2.05) is 0 Å². The molecule has 0 aliphatic carbocycles. The van der Waals surface area contributed by atoms with E-state index < -0.39 is 22.9 Å². The molecule has 72 valence electrons. The van der Waals surface area contributed by atoms with E-state index in [-0.39, 0.29) is 5.56 Å². The molecule has 0 unspecified atom stereocenters. The zero-order valence-corrected chi connectivity index (χ0v) is 7.37. The molecule has 0 aliphatic rings. The Morgan fingerprint density at radius 1 is 1.23 bits per heavy atom. The van der Waals surface area contributed by atoms with Crippen LogP contribution >= 0.6 is 0 Å². The minimum atomic E-state index is -1.24. The van der Waals surface area contributed by atoms with E-state index in [0.29, 0.717) is 0 Å². The van der Waals surface area contributed by atoms with Crippen LogP contribution < -0.4 is 0 Å². The summed E-state index contributed by atoms with van der Waals surface area (Å²) in [6, 6.07) is 2.10. The highest BCUT2D eigenvalue weighted by molar-refractivity contribution is 5.43. The maximum atomic E-state index is 12.8. The molecule has 0 aliphatic heterocycles. The number of phenolic OH excluding ortho intramolecular Hbond substituents is 2. The maximum Gasteiger partial charge on any atom is 0.194 e. The largest absolute Gasteiger partial charge is 0.504 e. The normalized spacial score (nSPS) is 11.7. The zero-order chi connectivity index (χ0) is 10.2. The first-order chi connectivity index (χ1) is 5.82. The molecule has 0 spiro atoms. The van der Waals surface area contributed by atoms with Gasteiger partial charge in [-0.25, -0.2) is 4.39 Å². The van der Waals surface area contributed by atoms with Crippen LogP contribution in [-0.4, -0.2) is 15.3 Å². The number of aliphatic hydroxyl groups is 1. The van der Waals surface area contributed by atoms with E-state index in [9.17, 15) is 9.50 Å². The summed E-state index contributed by atoms with van der Waals surface area (Å²) in [6.45, 7) is 2.91.